The van der Waals surface area contributed by atoms with Crippen molar-refractivity contribution < 1.29 is 14.3 Å². The fourth-order valence-corrected chi connectivity index (χ4v) is 5.32. The molecule has 0 saturated heterocycles. The van der Waals surface area contributed by atoms with Crippen molar-refractivity contribution in [3.63, 3.8) is 0 Å². The number of likely N-dealkylation sites (N-methyl/N-ethyl adjacent to an activating group) is 1. The Morgan fingerprint density at radius 3 is 2.62 bits per heavy atom. The maximum Gasteiger partial charge on any atom is 0.227 e. The summed E-state index contributed by atoms with van der Waals surface area (Å²) in [6.45, 7) is 3.56. The molecule has 0 radical (unpaired) electrons. The first-order chi connectivity index (χ1) is 15.6. The molecule has 3 aromatic rings. The summed E-state index contributed by atoms with van der Waals surface area (Å²) in [4.78, 5) is 17.2. The number of thiophene rings is 1. The maximum absolute atomic E-state index is 12.9. The first-order valence-corrected chi connectivity index (χ1v) is 12.1. The molecule has 0 aliphatic carbocycles. The zero-order chi connectivity index (χ0) is 22.5. The van der Waals surface area contributed by atoms with Gasteiger partial charge in [0.1, 0.15) is 0 Å². The van der Waals surface area contributed by atoms with Gasteiger partial charge in [0, 0.05) is 24.3 Å². The molecule has 5 nitrogen and oxygen atoms in total. The van der Waals surface area contributed by atoms with Crippen LogP contribution in [0.25, 0.3) is 10.1 Å². The molecule has 1 aromatic heterocycles. The summed E-state index contributed by atoms with van der Waals surface area (Å²) >= 11 is 1.80. The van der Waals surface area contributed by atoms with E-state index in [-0.39, 0.29) is 5.91 Å². The largest absolute Gasteiger partial charge is 0.493 e. The average Bonchev–Trinajstić information content (AvgIpc) is 3.23. The first kappa shape index (κ1) is 22.6. The predicted octanol–water partition coefficient (Wildman–Crippen LogP) is 4.41. The molecule has 1 amide bonds. The van der Waals surface area contributed by atoms with Crippen molar-refractivity contribution in [2.75, 3.05) is 47.4 Å². The minimum atomic E-state index is 0.197. The number of hydrogen-bond acceptors (Lipinski definition) is 5. The van der Waals surface area contributed by atoms with Gasteiger partial charge in [-0.1, -0.05) is 12.1 Å². The van der Waals surface area contributed by atoms with E-state index in [4.69, 9.17) is 9.47 Å². The second-order valence-corrected chi connectivity index (χ2v) is 9.39. The van der Waals surface area contributed by atoms with Gasteiger partial charge in [0.15, 0.2) is 11.5 Å². The number of benzene rings is 2. The number of ether oxygens (including phenoxy) is 2. The SMILES string of the molecule is COc1cc2c(cc1OC)CC(=O)N(CCCN(C)CCc1cccc3sccc13)CC2. The standard InChI is InChI=1S/C26H32N2O3S/c1-27(13-8-19-6-4-7-25-22(19)10-15-32-25)11-5-12-28-14-9-20-16-23(30-2)24(31-3)17-21(20)18-26(28)29/h4,6-7,10,15-17H,5,8-9,11-14,18H2,1-3H3. The Kier molecular flexibility index (Phi) is 7.33. The Labute approximate surface area is 194 Å². The zero-order valence-corrected chi connectivity index (χ0v) is 20.0. The minimum Gasteiger partial charge on any atom is -0.493 e. The van der Waals surface area contributed by atoms with Crippen LogP contribution in [-0.4, -0.2) is 63.2 Å². The molecule has 0 unspecified atom stereocenters. The smallest absolute Gasteiger partial charge is 0.227 e. The molecule has 6 heteroatoms. The highest BCUT2D eigenvalue weighted by molar-refractivity contribution is 7.17. The van der Waals surface area contributed by atoms with Gasteiger partial charge in [-0.3, -0.25) is 4.79 Å². The number of carbonyl (C=O) groups is 1. The molecule has 32 heavy (non-hydrogen) atoms. The van der Waals surface area contributed by atoms with Crippen molar-refractivity contribution in [2.24, 2.45) is 0 Å². The third-order valence-electron chi connectivity index (χ3n) is 6.37. The molecule has 4 rings (SSSR count). The van der Waals surface area contributed by atoms with Gasteiger partial charge in [-0.15, -0.1) is 11.3 Å². The molecule has 0 saturated carbocycles. The van der Waals surface area contributed by atoms with Crippen LogP contribution in [0, 0.1) is 0 Å². The number of carbonyl (C=O) groups excluding carboxylic acids is 1. The van der Waals surface area contributed by atoms with Gasteiger partial charge in [0.2, 0.25) is 5.91 Å². The van der Waals surface area contributed by atoms with Crippen molar-refractivity contribution in [3.05, 3.63) is 58.5 Å². The van der Waals surface area contributed by atoms with Crippen LogP contribution in [0.4, 0.5) is 0 Å². The summed E-state index contributed by atoms with van der Waals surface area (Å²) < 4.78 is 12.2. The normalized spacial score (nSPS) is 14.0. The summed E-state index contributed by atoms with van der Waals surface area (Å²) in [5.41, 5.74) is 3.65. The van der Waals surface area contributed by atoms with Gasteiger partial charge in [-0.2, -0.15) is 0 Å². The van der Waals surface area contributed by atoms with E-state index in [0.717, 1.165) is 56.8 Å². The van der Waals surface area contributed by atoms with Crippen LogP contribution in [-0.2, 0) is 24.1 Å². The van der Waals surface area contributed by atoms with Gasteiger partial charge < -0.3 is 19.3 Å². The van der Waals surface area contributed by atoms with E-state index < -0.39 is 0 Å². The van der Waals surface area contributed by atoms with Crippen molar-refractivity contribution in [2.45, 2.75) is 25.7 Å². The van der Waals surface area contributed by atoms with E-state index in [1.54, 1.807) is 25.6 Å². The van der Waals surface area contributed by atoms with Gasteiger partial charge >= 0.3 is 0 Å². The number of amides is 1. The number of rotatable bonds is 9. The average molecular weight is 453 g/mol. The van der Waals surface area contributed by atoms with E-state index in [2.05, 4.69) is 41.6 Å². The van der Waals surface area contributed by atoms with Gasteiger partial charge in [-0.25, -0.2) is 0 Å². The molecule has 0 N–H and O–H groups in total. The molecule has 1 aliphatic heterocycles. The lowest BCUT2D eigenvalue weighted by molar-refractivity contribution is -0.130. The second-order valence-electron chi connectivity index (χ2n) is 8.44. The minimum absolute atomic E-state index is 0.197. The van der Waals surface area contributed by atoms with Crippen LogP contribution in [0.15, 0.2) is 41.8 Å². The molecule has 170 valence electrons. The summed E-state index contributed by atoms with van der Waals surface area (Å²) in [6.07, 6.45) is 3.30. The lowest BCUT2D eigenvalue weighted by atomic mass is 10.0. The molecule has 2 aromatic carbocycles. The van der Waals surface area contributed by atoms with E-state index >= 15 is 0 Å². The quantitative estimate of drug-likeness (QED) is 0.482. The Hall–Kier alpha value is -2.57. The Balaban J connectivity index is 1.27. The van der Waals surface area contributed by atoms with Gasteiger partial charge in [0.25, 0.3) is 0 Å². The summed E-state index contributed by atoms with van der Waals surface area (Å²) in [5, 5.41) is 3.55. The highest BCUT2D eigenvalue weighted by atomic mass is 32.1. The fraction of sp³-hybridized carbons (Fsp3) is 0.423. The van der Waals surface area contributed by atoms with E-state index in [1.165, 1.54) is 21.2 Å². The third kappa shape index (κ3) is 5.08. The lowest BCUT2D eigenvalue weighted by Gasteiger charge is -2.23. The molecule has 1 aliphatic rings. The Morgan fingerprint density at radius 2 is 1.84 bits per heavy atom. The summed E-state index contributed by atoms with van der Waals surface area (Å²) in [5.74, 6) is 1.61. The van der Waals surface area contributed by atoms with Crippen molar-refractivity contribution in [1.29, 1.82) is 0 Å². The Bertz CT molecular complexity index is 1080. The summed E-state index contributed by atoms with van der Waals surface area (Å²) in [7, 11) is 5.45. The van der Waals surface area contributed by atoms with Crippen molar-refractivity contribution in [3.8, 4) is 11.5 Å². The Morgan fingerprint density at radius 1 is 1.06 bits per heavy atom. The first-order valence-electron chi connectivity index (χ1n) is 11.2. The predicted molar refractivity (Wildman–Crippen MR) is 131 cm³/mol. The topological polar surface area (TPSA) is 42.0 Å². The molecule has 0 spiro atoms. The fourth-order valence-electron chi connectivity index (χ4n) is 4.48. The molecule has 2 heterocycles. The third-order valence-corrected chi connectivity index (χ3v) is 7.25. The lowest BCUT2D eigenvalue weighted by Crippen LogP contribution is -2.35. The van der Waals surface area contributed by atoms with E-state index in [1.807, 2.05) is 17.0 Å². The highest BCUT2D eigenvalue weighted by Gasteiger charge is 2.22. The van der Waals surface area contributed by atoms with Crippen LogP contribution >= 0.6 is 11.3 Å². The molecular weight excluding hydrogens is 420 g/mol. The van der Waals surface area contributed by atoms with Crippen LogP contribution < -0.4 is 9.47 Å². The van der Waals surface area contributed by atoms with Crippen LogP contribution in [0.3, 0.4) is 0 Å². The number of nitrogens with zero attached hydrogens (tertiary/aromatic N) is 2. The molecule has 0 fully saturated rings. The maximum atomic E-state index is 12.9. The van der Waals surface area contributed by atoms with Gasteiger partial charge in [-0.05, 0) is 84.6 Å². The molecular formula is C26H32N2O3S. The van der Waals surface area contributed by atoms with E-state index in [9.17, 15) is 4.79 Å². The highest BCUT2D eigenvalue weighted by Crippen LogP contribution is 2.32. The molecule has 0 bridgehead atoms. The number of fused-ring (bicyclic) bond motifs is 2. The van der Waals surface area contributed by atoms with Crippen LogP contribution in [0.2, 0.25) is 0 Å². The monoisotopic (exact) mass is 452 g/mol. The van der Waals surface area contributed by atoms with E-state index in [0.29, 0.717) is 12.2 Å². The van der Waals surface area contributed by atoms with Crippen LogP contribution in [0.1, 0.15) is 23.1 Å². The summed E-state index contributed by atoms with van der Waals surface area (Å²) in [6, 6.07) is 12.8. The van der Waals surface area contributed by atoms with Crippen molar-refractivity contribution >= 4 is 27.3 Å². The zero-order valence-electron chi connectivity index (χ0n) is 19.2. The van der Waals surface area contributed by atoms with Crippen molar-refractivity contribution in [1.82, 2.24) is 9.80 Å². The number of methoxy groups -OCH3 is 2. The van der Waals surface area contributed by atoms with Gasteiger partial charge in [0.05, 0.1) is 20.6 Å². The number of hydrogen-bond donors (Lipinski definition) is 0. The second kappa shape index (κ2) is 10.4. The van der Waals surface area contributed by atoms with Crippen LogP contribution in [0.5, 0.6) is 11.5 Å². The molecule has 0 atom stereocenters.